The van der Waals surface area contributed by atoms with E-state index in [1.165, 1.54) is 18.5 Å². The summed E-state index contributed by atoms with van der Waals surface area (Å²) in [5, 5.41) is 5.24. The number of carbonyl (C=O) groups is 1. The van der Waals surface area contributed by atoms with Crippen molar-refractivity contribution in [2.24, 2.45) is 0 Å². The number of H-pyrrole nitrogens is 1. The Morgan fingerprint density at radius 1 is 1.15 bits per heavy atom. The van der Waals surface area contributed by atoms with Gasteiger partial charge in [-0.25, -0.2) is 18.6 Å². The van der Waals surface area contributed by atoms with Crippen LogP contribution in [0, 0.1) is 0 Å². The smallest absolute Gasteiger partial charge is 0.392 e. The highest BCUT2D eigenvalue weighted by Gasteiger charge is 2.35. The van der Waals surface area contributed by atoms with E-state index in [9.17, 15) is 26.7 Å². The summed E-state index contributed by atoms with van der Waals surface area (Å²) in [7, 11) is 0. The molecular weight excluding hydrogens is 461 g/mol. The molecule has 2 amide bonds. The molecule has 0 saturated heterocycles. The molecule has 1 aliphatic rings. The van der Waals surface area contributed by atoms with E-state index < -0.39 is 31.2 Å². The Hall–Kier alpha value is -3.44. The molecule has 3 N–H and O–H groups in total. The fourth-order valence-electron chi connectivity index (χ4n) is 3.77. The van der Waals surface area contributed by atoms with Crippen LogP contribution in [0.4, 0.5) is 38.1 Å². The summed E-state index contributed by atoms with van der Waals surface area (Å²) in [5.41, 5.74) is 2.30. The fraction of sp³-hybridized carbons (Fsp3) is 0.409. The molecule has 3 heterocycles. The highest BCUT2D eigenvalue weighted by Crippen LogP contribution is 2.40. The van der Waals surface area contributed by atoms with Crippen molar-refractivity contribution in [2.45, 2.75) is 50.1 Å². The van der Waals surface area contributed by atoms with E-state index in [0.717, 1.165) is 0 Å². The number of aromatic nitrogens is 3. The third-order valence-electron chi connectivity index (χ3n) is 5.56. The first-order valence-electron chi connectivity index (χ1n) is 10.7. The number of anilines is 2. The Bertz CT molecular complexity index is 1140. The number of amides is 2. The molecule has 1 fully saturated rings. The lowest BCUT2D eigenvalue weighted by Gasteiger charge is -2.27. The normalized spacial score (nSPS) is 16.4. The molecule has 0 spiro atoms. The summed E-state index contributed by atoms with van der Waals surface area (Å²) < 4.78 is 68.7. The summed E-state index contributed by atoms with van der Waals surface area (Å²) in [4.78, 5) is 23.8. The van der Waals surface area contributed by atoms with Crippen molar-refractivity contribution in [1.29, 1.82) is 0 Å². The van der Waals surface area contributed by atoms with Gasteiger partial charge in [0.2, 0.25) is 11.8 Å². The summed E-state index contributed by atoms with van der Waals surface area (Å²) >= 11 is 0. The van der Waals surface area contributed by atoms with Crippen LogP contribution in [0.1, 0.15) is 43.7 Å². The average molecular weight is 483 g/mol. The van der Waals surface area contributed by atoms with E-state index in [1.807, 2.05) is 0 Å². The Morgan fingerprint density at radius 2 is 1.91 bits per heavy atom. The van der Waals surface area contributed by atoms with Crippen LogP contribution in [-0.4, -0.2) is 39.7 Å². The largest absolute Gasteiger partial charge is 0.477 e. The zero-order valence-electron chi connectivity index (χ0n) is 17.9. The number of nitrogens with one attached hydrogen (secondary N) is 3. The van der Waals surface area contributed by atoms with E-state index in [0.29, 0.717) is 40.9 Å². The molecule has 7 nitrogen and oxygen atoms in total. The van der Waals surface area contributed by atoms with Gasteiger partial charge in [-0.15, -0.1) is 0 Å². The Kier molecular flexibility index (Phi) is 6.58. The number of ether oxygens (including phenoxy) is 1. The van der Waals surface area contributed by atoms with Gasteiger partial charge in [-0.3, -0.25) is 4.98 Å². The molecule has 34 heavy (non-hydrogen) atoms. The van der Waals surface area contributed by atoms with Gasteiger partial charge in [0.25, 0.3) is 0 Å². The number of rotatable bonds is 6. The minimum Gasteiger partial charge on any atom is -0.477 e. The van der Waals surface area contributed by atoms with Crippen molar-refractivity contribution in [3.63, 3.8) is 0 Å². The minimum atomic E-state index is -4.33. The lowest BCUT2D eigenvalue weighted by Crippen LogP contribution is -2.24. The number of halogens is 5. The predicted octanol–water partition coefficient (Wildman–Crippen LogP) is 6.23. The lowest BCUT2D eigenvalue weighted by atomic mass is 9.84. The first-order valence-corrected chi connectivity index (χ1v) is 10.7. The first-order chi connectivity index (χ1) is 16.1. The molecule has 182 valence electrons. The highest BCUT2D eigenvalue weighted by atomic mass is 19.4. The van der Waals surface area contributed by atoms with Crippen molar-refractivity contribution in [3.05, 3.63) is 42.4 Å². The number of fused-ring (bicyclic) bond motifs is 1. The summed E-state index contributed by atoms with van der Waals surface area (Å²) in [6.07, 6.45) is -2.07. The van der Waals surface area contributed by atoms with E-state index in [1.54, 1.807) is 18.2 Å². The average Bonchev–Trinajstić information content (AvgIpc) is 3.15. The number of carbonyl (C=O) groups excluding carboxylic acids is 1. The van der Waals surface area contributed by atoms with Gasteiger partial charge in [-0.2, -0.15) is 13.2 Å². The van der Waals surface area contributed by atoms with Crippen LogP contribution in [0.25, 0.3) is 11.0 Å². The van der Waals surface area contributed by atoms with Gasteiger partial charge in [0.15, 0.2) is 0 Å². The maximum absolute atomic E-state index is 13.3. The van der Waals surface area contributed by atoms with E-state index in [4.69, 9.17) is 4.74 Å². The van der Waals surface area contributed by atoms with Crippen molar-refractivity contribution in [1.82, 2.24) is 15.0 Å². The summed E-state index contributed by atoms with van der Waals surface area (Å²) in [6, 6.07) is 5.78. The number of hydrogen-bond acceptors (Lipinski definition) is 4. The van der Waals surface area contributed by atoms with E-state index in [-0.39, 0.29) is 24.6 Å². The maximum Gasteiger partial charge on any atom is 0.392 e. The number of pyridine rings is 2. The van der Waals surface area contributed by atoms with Gasteiger partial charge in [0.05, 0.1) is 36.1 Å². The van der Waals surface area contributed by atoms with Crippen LogP contribution in [0.2, 0.25) is 0 Å². The van der Waals surface area contributed by atoms with Crippen LogP contribution < -0.4 is 15.4 Å². The zero-order chi connectivity index (χ0) is 24.3. The molecule has 0 aromatic carbocycles. The maximum atomic E-state index is 13.3. The Balaban J connectivity index is 1.35. The molecule has 0 aliphatic heterocycles. The molecule has 1 saturated carbocycles. The number of alkyl halides is 5. The topological polar surface area (TPSA) is 91.9 Å². The van der Waals surface area contributed by atoms with E-state index >= 15 is 0 Å². The van der Waals surface area contributed by atoms with Crippen LogP contribution in [0.3, 0.4) is 0 Å². The molecule has 0 atom stereocenters. The molecule has 12 heteroatoms. The minimum absolute atomic E-state index is 0.0000668. The Morgan fingerprint density at radius 3 is 2.59 bits per heavy atom. The van der Waals surface area contributed by atoms with E-state index in [2.05, 4.69) is 25.6 Å². The lowest BCUT2D eigenvalue weighted by molar-refractivity contribution is -0.139. The molecule has 1 aliphatic carbocycles. The molecule has 0 radical (unpaired) electrons. The van der Waals surface area contributed by atoms with Crippen LogP contribution in [-0.2, 0) is 0 Å². The van der Waals surface area contributed by atoms with Crippen LogP contribution in [0.5, 0.6) is 5.88 Å². The second-order valence-electron chi connectivity index (χ2n) is 8.14. The number of aromatic amines is 1. The van der Waals surface area contributed by atoms with Crippen molar-refractivity contribution in [2.75, 3.05) is 17.2 Å². The third kappa shape index (κ3) is 6.12. The molecule has 3 aromatic rings. The summed E-state index contributed by atoms with van der Waals surface area (Å²) in [5.74, 6) is -2.64. The van der Waals surface area contributed by atoms with Crippen molar-refractivity contribution < 1.29 is 31.5 Å². The van der Waals surface area contributed by atoms with Gasteiger partial charge in [-0.1, -0.05) is 0 Å². The number of hydrogen-bond donors (Lipinski definition) is 3. The molecule has 3 aromatic heterocycles. The molecule has 0 unspecified atom stereocenters. The fourth-order valence-corrected chi connectivity index (χ4v) is 3.77. The third-order valence-corrected chi connectivity index (χ3v) is 5.56. The van der Waals surface area contributed by atoms with Gasteiger partial charge >= 0.3 is 12.2 Å². The number of nitrogens with zero attached hydrogens (tertiary/aromatic N) is 2. The van der Waals surface area contributed by atoms with Crippen LogP contribution >= 0.6 is 0 Å². The quantitative estimate of drug-likeness (QED) is 0.363. The van der Waals surface area contributed by atoms with Gasteiger partial charge in [0.1, 0.15) is 5.52 Å². The highest BCUT2D eigenvalue weighted by molar-refractivity contribution is 6.04. The monoisotopic (exact) mass is 483 g/mol. The van der Waals surface area contributed by atoms with Crippen molar-refractivity contribution in [3.8, 4) is 5.88 Å². The Labute approximate surface area is 191 Å². The number of urea groups is 1. The van der Waals surface area contributed by atoms with Gasteiger partial charge < -0.3 is 20.4 Å². The van der Waals surface area contributed by atoms with Gasteiger partial charge in [-0.05, 0) is 31.0 Å². The SMILES string of the molecule is O=C(Nc1ccc(C2CCC(F)(F)CC2)nc1)Nc1c[nH]c2ccc(OCCC(F)(F)F)nc12. The van der Waals surface area contributed by atoms with Crippen LogP contribution in [0.15, 0.2) is 36.7 Å². The first kappa shape index (κ1) is 23.7. The molecular formula is C22H22F5N5O2. The summed E-state index contributed by atoms with van der Waals surface area (Å²) in [6.45, 7) is -0.568. The van der Waals surface area contributed by atoms with Crippen molar-refractivity contribution >= 4 is 28.4 Å². The zero-order valence-corrected chi connectivity index (χ0v) is 17.9. The molecule has 4 rings (SSSR count). The second kappa shape index (κ2) is 9.43. The standard InChI is InChI=1S/C22H22F5N5O2/c23-21(24)7-5-13(6-8-21)15-2-1-14(11-28-15)30-20(33)31-17-12-29-16-3-4-18(32-19(16)17)34-10-9-22(25,26)27/h1-4,11-13,29H,5-10H2,(H2,30,31,33). The van der Waals surface area contributed by atoms with Gasteiger partial charge in [0, 0.05) is 36.7 Å². The molecule has 0 bridgehead atoms. The predicted molar refractivity (Wildman–Crippen MR) is 115 cm³/mol. The second-order valence-corrected chi connectivity index (χ2v) is 8.14.